The first-order valence-corrected chi connectivity index (χ1v) is 8.62. The van der Waals surface area contributed by atoms with Crippen LogP contribution in [0.25, 0.3) is 0 Å². The average molecular weight is 353 g/mol. The van der Waals surface area contributed by atoms with Crippen LogP contribution in [0.1, 0.15) is 36.7 Å². The maximum absolute atomic E-state index is 12.6. The van der Waals surface area contributed by atoms with Crippen LogP contribution < -0.4 is 10.6 Å². The molecule has 0 saturated heterocycles. The maximum atomic E-state index is 12.6. The second-order valence-electron chi connectivity index (χ2n) is 7.63. The number of rotatable bonds is 5. The van der Waals surface area contributed by atoms with Crippen molar-refractivity contribution in [3.05, 3.63) is 59.7 Å². The van der Waals surface area contributed by atoms with Crippen molar-refractivity contribution in [2.45, 2.75) is 27.3 Å². The molecule has 5 nitrogen and oxygen atoms in total. The number of anilines is 2. The minimum atomic E-state index is -0.497. The SMILES string of the molecule is CN(C)Cc1ccccc1NC(=O)c1cccc(NC(=O)C(C)(C)C)c1. The van der Waals surface area contributed by atoms with Crippen molar-refractivity contribution >= 4 is 23.2 Å². The molecule has 2 aromatic carbocycles. The molecule has 0 spiro atoms. The number of hydrogen-bond acceptors (Lipinski definition) is 3. The van der Waals surface area contributed by atoms with E-state index < -0.39 is 5.41 Å². The predicted molar refractivity (Wildman–Crippen MR) is 106 cm³/mol. The van der Waals surface area contributed by atoms with Gasteiger partial charge in [0.15, 0.2) is 0 Å². The van der Waals surface area contributed by atoms with Gasteiger partial charge in [-0.05, 0) is 43.9 Å². The van der Waals surface area contributed by atoms with Crippen molar-refractivity contribution in [1.29, 1.82) is 0 Å². The Bertz CT molecular complexity index is 792. The zero-order valence-electron chi connectivity index (χ0n) is 16.1. The highest BCUT2D eigenvalue weighted by molar-refractivity contribution is 6.05. The molecule has 2 N–H and O–H groups in total. The van der Waals surface area contributed by atoms with E-state index in [1.807, 2.05) is 64.0 Å². The smallest absolute Gasteiger partial charge is 0.255 e. The van der Waals surface area contributed by atoms with Crippen LogP contribution in [0, 0.1) is 5.41 Å². The number of carbonyl (C=O) groups excluding carboxylic acids is 2. The first kappa shape index (κ1) is 19.7. The lowest BCUT2D eigenvalue weighted by Crippen LogP contribution is -2.27. The van der Waals surface area contributed by atoms with Gasteiger partial charge in [0.2, 0.25) is 5.91 Å². The Morgan fingerprint density at radius 3 is 2.31 bits per heavy atom. The van der Waals surface area contributed by atoms with E-state index in [2.05, 4.69) is 10.6 Å². The van der Waals surface area contributed by atoms with Gasteiger partial charge in [-0.1, -0.05) is 45.0 Å². The highest BCUT2D eigenvalue weighted by Gasteiger charge is 2.21. The van der Waals surface area contributed by atoms with Crippen LogP contribution in [-0.4, -0.2) is 30.8 Å². The van der Waals surface area contributed by atoms with Crippen LogP contribution in [0.15, 0.2) is 48.5 Å². The summed E-state index contributed by atoms with van der Waals surface area (Å²) in [5, 5.41) is 5.82. The molecule has 2 aromatic rings. The number of benzene rings is 2. The largest absolute Gasteiger partial charge is 0.326 e. The van der Waals surface area contributed by atoms with E-state index in [-0.39, 0.29) is 11.8 Å². The summed E-state index contributed by atoms with van der Waals surface area (Å²) < 4.78 is 0. The van der Waals surface area contributed by atoms with Gasteiger partial charge in [-0.2, -0.15) is 0 Å². The molecule has 0 aromatic heterocycles. The third-order valence-corrected chi connectivity index (χ3v) is 3.82. The van der Waals surface area contributed by atoms with Gasteiger partial charge in [-0.15, -0.1) is 0 Å². The summed E-state index contributed by atoms with van der Waals surface area (Å²) in [6.45, 7) is 6.28. The summed E-state index contributed by atoms with van der Waals surface area (Å²) in [6, 6.07) is 14.7. The van der Waals surface area contributed by atoms with Crippen molar-refractivity contribution < 1.29 is 9.59 Å². The normalized spacial score (nSPS) is 11.3. The summed E-state index contributed by atoms with van der Waals surface area (Å²) in [5.41, 5.74) is 2.44. The molecule has 0 aliphatic rings. The minimum absolute atomic E-state index is 0.0913. The average Bonchev–Trinajstić information content (AvgIpc) is 2.55. The fourth-order valence-electron chi connectivity index (χ4n) is 2.37. The van der Waals surface area contributed by atoms with Crippen LogP contribution in [0.5, 0.6) is 0 Å². The Morgan fingerprint density at radius 1 is 0.962 bits per heavy atom. The molecule has 0 radical (unpaired) electrons. The third-order valence-electron chi connectivity index (χ3n) is 3.82. The Morgan fingerprint density at radius 2 is 1.65 bits per heavy atom. The zero-order chi connectivity index (χ0) is 19.3. The van der Waals surface area contributed by atoms with Gasteiger partial charge in [-0.25, -0.2) is 0 Å². The Kier molecular flexibility index (Phi) is 6.16. The van der Waals surface area contributed by atoms with Crippen molar-refractivity contribution in [3.63, 3.8) is 0 Å². The molecular formula is C21H27N3O2. The Balaban J connectivity index is 2.16. The van der Waals surface area contributed by atoms with E-state index >= 15 is 0 Å². The number of amides is 2. The highest BCUT2D eigenvalue weighted by Crippen LogP contribution is 2.20. The molecule has 2 amide bonds. The van der Waals surface area contributed by atoms with Gasteiger partial charge in [0, 0.05) is 28.9 Å². The number of hydrogen-bond donors (Lipinski definition) is 2. The van der Waals surface area contributed by atoms with E-state index in [0.717, 1.165) is 17.8 Å². The fraction of sp³-hybridized carbons (Fsp3) is 0.333. The van der Waals surface area contributed by atoms with Gasteiger partial charge >= 0.3 is 0 Å². The third kappa shape index (κ3) is 5.43. The lowest BCUT2D eigenvalue weighted by Gasteiger charge is -2.18. The summed E-state index contributed by atoms with van der Waals surface area (Å²) in [7, 11) is 3.97. The first-order chi connectivity index (χ1) is 12.2. The number of para-hydroxylation sites is 1. The Labute approximate surface area is 155 Å². The fourth-order valence-corrected chi connectivity index (χ4v) is 2.37. The van der Waals surface area contributed by atoms with E-state index in [0.29, 0.717) is 11.3 Å². The van der Waals surface area contributed by atoms with Crippen LogP contribution >= 0.6 is 0 Å². The molecule has 0 bridgehead atoms. The maximum Gasteiger partial charge on any atom is 0.255 e. The quantitative estimate of drug-likeness (QED) is 0.854. The summed E-state index contributed by atoms with van der Waals surface area (Å²) >= 11 is 0. The molecule has 0 atom stereocenters. The van der Waals surface area contributed by atoms with E-state index in [9.17, 15) is 9.59 Å². The molecule has 0 unspecified atom stereocenters. The number of nitrogens with one attached hydrogen (secondary N) is 2. The summed E-state index contributed by atoms with van der Waals surface area (Å²) in [6.07, 6.45) is 0. The number of nitrogens with zero attached hydrogens (tertiary/aromatic N) is 1. The summed E-state index contributed by atoms with van der Waals surface area (Å²) in [5.74, 6) is -0.297. The molecule has 0 aliphatic carbocycles. The van der Waals surface area contributed by atoms with Gasteiger partial charge < -0.3 is 15.5 Å². The molecule has 0 saturated carbocycles. The van der Waals surface area contributed by atoms with Gasteiger partial charge in [-0.3, -0.25) is 9.59 Å². The molecule has 2 rings (SSSR count). The van der Waals surface area contributed by atoms with Crippen molar-refractivity contribution in [3.8, 4) is 0 Å². The van der Waals surface area contributed by atoms with E-state index in [1.54, 1.807) is 24.3 Å². The zero-order valence-corrected chi connectivity index (χ0v) is 16.1. The molecule has 138 valence electrons. The van der Waals surface area contributed by atoms with Crippen LogP contribution in [0.2, 0.25) is 0 Å². The second kappa shape index (κ2) is 8.15. The van der Waals surface area contributed by atoms with Crippen molar-refractivity contribution in [2.75, 3.05) is 24.7 Å². The standard InChI is InChI=1S/C21H27N3O2/c1-21(2,3)20(26)22-17-11-8-10-15(13-17)19(25)23-18-12-7-6-9-16(18)14-24(4)5/h6-13H,14H2,1-5H3,(H,22,26)(H,23,25). The van der Waals surface area contributed by atoms with E-state index in [1.165, 1.54) is 0 Å². The van der Waals surface area contributed by atoms with Crippen LogP contribution in [-0.2, 0) is 11.3 Å². The minimum Gasteiger partial charge on any atom is -0.326 e. The van der Waals surface area contributed by atoms with Crippen molar-refractivity contribution in [1.82, 2.24) is 4.90 Å². The molecule has 0 fully saturated rings. The van der Waals surface area contributed by atoms with E-state index in [4.69, 9.17) is 0 Å². The molecule has 5 heteroatoms. The van der Waals surface area contributed by atoms with Crippen molar-refractivity contribution in [2.24, 2.45) is 5.41 Å². The topological polar surface area (TPSA) is 61.4 Å². The van der Waals surface area contributed by atoms with Crippen LogP contribution in [0.3, 0.4) is 0 Å². The molecule has 0 aliphatic heterocycles. The van der Waals surface area contributed by atoms with Gasteiger partial charge in [0.1, 0.15) is 0 Å². The summed E-state index contributed by atoms with van der Waals surface area (Å²) in [4.78, 5) is 26.8. The lowest BCUT2D eigenvalue weighted by molar-refractivity contribution is -0.123. The number of carbonyl (C=O) groups is 2. The second-order valence-corrected chi connectivity index (χ2v) is 7.63. The molecule has 26 heavy (non-hydrogen) atoms. The highest BCUT2D eigenvalue weighted by atomic mass is 16.2. The van der Waals surface area contributed by atoms with Gasteiger partial charge in [0.05, 0.1) is 0 Å². The first-order valence-electron chi connectivity index (χ1n) is 8.62. The predicted octanol–water partition coefficient (Wildman–Crippen LogP) is 3.99. The lowest BCUT2D eigenvalue weighted by atomic mass is 9.95. The Hall–Kier alpha value is -2.66. The van der Waals surface area contributed by atoms with Crippen LogP contribution in [0.4, 0.5) is 11.4 Å². The monoisotopic (exact) mass is 353 g/mol. The van der Waals surface area contributed by atoms with Gasteiger partial charge in [0.25, 0.3) is 5.91 Å². The molecular weight excluding hydrogens is 326 g/mol. The molecule has 0 heterocycles.